The lowest BCUT2D eigenvalue weighted by Crippen LogP contribution is -2.30. The summed E-state index contributed by atoms with van der Waals surface area (Å²) in [6, 6.07) is 12.4. The number of rotatable bonds is 4. The van der Waals surface area contributed by atoms with E-state index in [0.717, 1.165) is 11.0 Å². The van der Waals surface area contributed by atoms with Crippen LogP contribution in [0.4, 0.5) is 0 Å². The summed E-state index contributed by atoms with van der Waals surface area (Å²) < 4.78 is 10.4. The monoisotopic (exact) mass is 338 g/mol. The molecule has 25 heavy (non-hydrogen) atoms. The molecule has 0 aliphatic heterocycles. The van der Waals surface area contributed by atoms with Crippen LogP contribution in [0, 0.1) is 0 Å². The van der Waals surface area contributed by atoms with Gasteiger partial charge in [-0.05, 0) is 31.2 Å². The van der Waals surface area contributed by atoms with Crippen molar-refractivity contribution < 1.29 is 18.7 Å². The minimum Gasteiger partial charge on any atom is -0.465 e. The summed E-state index contributed by atoms with van der Waals surface area (Å²) in [7, 11) is 2.99. The van der Waals surface area contributed by atoms with E-state index in [1.54, 1.807) is 11.9 Å². The first kappa shape index (κ1) is 16.7. The molecule has 128 valence electrons. The Bertz CT molecular complexity index is 882. The second-order valence-electron chi connectivity index (χ2n) is 5.70. The number of fused-ring (bicyclic) bond motifs is 1. The second-order valence-corrected chi connectivity index (χ2v) is 5.70. The van der Waals surface area contributed by atoms with Crippen LogP contribution in [0.5, 0.6) is 0 Å². The summed E-state index contributed by atoms with van der Waals surface area (Å²) in [5.74, 6) is -0.0527. The van der Waals surface area contributed by atoms with E-state index in [-0.39, 0.29) is 17.6 Å². The number of carbonyl (C=O) groups is 2. The van der Waals surface area contributed by atoms with Crippen LogP contribution in [0.25, 0.3) is 11.0 Å². The van der Waals surface area contributed by atoms with E-state index in [1.165, 1.54) is 25.4 Å². The van der Waals surface area contributed by atoms with Crippen molar-refractivity contribution in [2.24, 2.45) is 0 Å². The van der Waals surface area contributed by atoms with E-state index < -0.39 is 5.97 Å². The minimum absolute atomic E-state index is 0.248. The third-order valence-electron chi connectivity index (χ3n) is 4.16. The fraction of sp³-hybridized carbons (Fsp3) is 0.211. The Morgan fingerprint density at radius 1 is 1.20 bits per heavy atom. The van der Waals surface area contributed by atoms with Gasteiger partial charge in [0.1, 0.15) is 17.0 Å². The van der Waals surface area contributed by atoms with Crippen molar-refractivity contribution in [2.75, 3.05) is 14.2 Å². The lowest BCUT2D eigenvalue weighted by molar-refractivity contribution is 0.0598. The quantitative estimate of drug-likeness (QED) is 0.681. The molecule has 1 amide bonds. The van der Waals surface area contributed by atoms with Crippen LogP contribution in [0.15, 0.2) is 53.1 Å². The summed E-state index contributed by atoms with van der Waals surface area (Å²) in [4.78, 5) is 29.7. The number of amides is 1. The molecule has 0 spiro atoms. The lowest BCUT2D eigenvalue weighted by atomic mass is 10.2. The molecular formula is C19H18N2O4. The Morgan fingerprint density at radius 2 is 1.96 bits per heavy atom. The van der Waals surface area contributed by atoms with Crippen molar-refractivity contribution in [3.8, 4) is 0 Å². The van der Waals surface area contributed by atoms with Crippen LogP contribution in [-0.4, -0.2) is 35.9 Å². The van der Waals surface area contributed by atoms with Crippen LogP contribution in [0.2, 0.25) is 0 Å². The predicted molar refractivity (Wildman–Crippen MR) is 92.3 cm³/mol. The topological polar surface area (TPSA) is 72.6 Å². The Hall–Kier alpha value is -3.15. The average molecular weight is 338 g/mol. The van der Waals surface area contributed by atoms with Crippen LogP contribution < -0.4 is 0 Å². The number of aromatic nitrogens is 1. The maximum Gasteiger partial charge on any atom is 0.339 e. The molecule has 6 heteroatoms. The SMILES string of the molecule is COC(=O)c1ccc(C(=O)N(C)C(C)c2cc3ccccc3o2)nc1. The zero-order chi connectivity index (χ0) is 18.0. The first-order valence-corrected chi connectivity index (χ1v) is 7.81. The van der Waals surface area contributed by atoms with E-state index in [2.05, 4.69) is 9.72 Å². The highest BCUT2D eigenvalue weighted by atomic mass is 16.5. The fourth-order valence-corrected chi connectivity index (χ4v) is 2.51. The van der Waals surface area contributed by atoms with E-state index >= 15 is 0 Å². The van der Waals surface area contributed by atoms with Gasteiger partial charge in [0.25, 0.3) is 5.91 Å². The van der Waals surface area contributed by atoms with Crippen LogP contribution in [0.1, 0.15) is 39.6 Å². The molecule has 0 saturated heterocycles. The fourth-order valence-electron chi connectivity index (χ4n) is 2.51. The molecule has 2 aromatic heterocycles. The van der Waals surface area contributed by atoms with E-state index in [0.29, 0.717) is 11.3 Å². The van der Waals surface area contributed by atoms with E-state index in [9.17, 15) is 9.59 Å². The molecule has 0 N–H and O–H groups in total. The van der Waals surface area contributed by atoms with Crippen molar-refractivity contribution in [3.05, 3.63) is 65.7 Å². The van der Waals surface area contributed by atoms with Gasteiger partial charge in [0.2, 0.25) is 0 Å². The number of benzene rings is 1. The molecule has 0 aliphatic rings. The summed E-state index contributed by atoms with van der Waals surface area (Å²) in [5, 5.41) is 0.991. The Labute approximate surface area is 145 Å². The van der Waals surface area contributed by atoms with Crippen molar-refractivity contribution in [1.29, 1.82) is 0 Å². The number of carbonyl (C=O) groups excluding carboxylic acids is 2. The van der Waals surface area contributed by atoms with Gasteiger partial charge in [-0.1, -0.05) is 18.2 Å². The number of hydrogen-bond acceptors (Lipinski definition) is 5. The zero-order valence-electron chi connectivity index (χ0n) is 14.2. The zero-order valence-corrected chi connectivity index (χ0v) is 14.2. The molecule has 1 aromatic carbocycles. The molecule has 2 heterocycles. The minimum atomic E-state index is -0.490. The van der Waals surface area contributed by atoms with Gasteiger partial charge in [0.05, 0.1) is 18.7 Å². The molecule has 0 aliphatic carbocycles. The number of furan rings is 1. The van der Waals surface area contributed by atoms with Gasteiger partial charge in [-0.2, -0.15) is 0 Å². The van der Waals surface area contributed by atoms with Gasteiger partial charge in [-0.25, -0.2) is 4.79 Å². The number of esters is 1. The summed E-state index contributed by atoms with van der Waals surface area (Å²) in [5.41, 5.74) is 1.33. The van der Waals surface area contributed by atoms with Gasteiger partial charge >= 0.3 is 5.97 Å². The predicted octanol–water partition coefficient (Wildman–Crippen LogP) is 3.45. The van der Waals surface area contributed by atoms with Gasteiger partial charge < -0.3 is 14.1 Å². The first-order chi connectivity index (χ1) is 12.0. The smallest absolute Gasteiger partial charge is 0.339 e. The van der Waals surface area contributed by atoms with Gasteiger partial charge in [0, 0.05) is 18.6 Å². The normalized spacial score (nSPS) is 12.0. The molecule has 6 nitrogen and oxygen atoms in total. The maximum absolute atomic E-state index is 12.6. The second kappa shape index (κ2) is 6.76. The lowest BCUT2D eigenvalue weighted by Gasteiger charge is -2.22. The summed E-state index contributed by atoms with van der Waals surface area (Å²) >= 11 is 0. The molecule has 3 rings (SSSR count). The molecular weight excluding hydrogens is 320 g/mol. The van der Waals surface area contributed by atoms with Gasteiger partial charge in [0.15, 0.2) is 0 Å². The van der Waals surface area contributed by atoms with Crippen molar-refractivity contribution >= 4 is 22.8 Å². The largest absolute Gasteiger partial charge is 0.465 e. The summed E-state index contributed by atoms with van der Waals surface area (Å²) in [6.45, 7) is 1.89. The number of nitrogens with zero attached hydrogens (tertiary/aromatic N) is 2. The molecule has 3 aromatic rings. The highest BCUT2D eigenvalue weighted by molar-refractivity contribution is 5.94. The number of ether oxygens (including phenoxy) is 1. The van der Waals surface area contributed by atoms with Gasteiger partial charge in [-0.3, -0.25) is 9.78 Å². The van der Waals surface area contributed by atoms with Crippen molar-refractivity contribution in [2.45, 2.75) is 13.0 Å². The Kier molecular flexibility index (Phi) is 4.52. The van der Waals surface area contributed by atoms with Crippen LogP contribution in [0.3, 0.4) is 0 Å². The summed E-state index contributed by atoms with van der Waals surface area (Å²) in [6.07, 6.45) is 1.33. The molecule has 0 fully saturated rings. The first-order valence-electron chi connectivity index (χ1n) is 7.81. The Balaban J connectivity index is 1.80. The third-order valence-corrected chi connectivity index (χ3v) is 4.16. The molecule has 0 saturated carbocycles. The standard InChI is InChI=1S/C19H18N2O4/c1-12(17-10-13-6-4-5-7-16(13)25-17)21(2)18(22)15-9-8-14(11-20-15)19(23)24-3/h4-12H,1-3H3. The Morgan fingerprint density at radius 3 is 2.60 bits per heavy atom. The molecule has 0 bridgehead atoms. The molecule has 1 atom stereocenters. The number of methoxy groups -OCH3 is 1. The number of pyridine rings is 1. The maximum atomic E-state index is 12.6. The van der Waals surface area contributed by atoms with E-state index in [1.807, 2.05) is 37.3 Å². The molecule has 1 unspecified atom stereocenters. The highest BCUT2D eigenvalue weighted by Crippen LogP contribution is 2.27. The van der Waals surface area contributed by atoms with Crippen LogP contribution >= 0.6 is 0 Å². The van der Waals surface area contributed by atoms with E-state index in [4.69, 9.17) is 4.42 Å². The molecule has 0 radical (unpaired) electrons. The average Bonchev–Trinajstić information content (AvgIpc) is 3.10. The highest BCUT2D eigenvalue weighted by Gasteiger charge is 2.23. The number of para-hydroxylation sites is 1. The third kappa shape index (κ3) is 3.24. The van der Waals surface area contributed by atoms with Crippen molar-refractivity contribution in [1.82, 2.24) is 9.88 Å². The number of hydrogen-bond donors (Lipinski definition) is 0. The van der Waals surface area contributed by atoms with Crippen molar-refractivity contribution in [3.63, 3.8) is 0 Å². The van der Waals surface area contributed by atoms with Crippen LogP contribution in [-0.2, 0) is 4.74 Å². The van der Waals surface area contributed by atoms with Gasteiger partial charge in [-0.15, -0.1) is 0 Å².